The zero-order chi connectivity index (χ0) is 57.1. The summed E-state index contributed by atoms with van der Waals surface area (Å²) in [6, 6.07) is 0. The fourth-order valence-electron chi connectivity index (χ4n) is 9.54. The third kappa shape index (κ3) is 65.0. The number of rotatable bonds is 61. The molecule has 0 aliphatic carbocycles. The quantitative estimate of drug-likeness (QED) is 0.0261. The molecule has 0 saturated heterocycles. The molecule has 1 unspecified atom stereocenters. The molecule has 0 aromatic carbocycles. The van der Waals surface area contributed by atoms with E-state index < -0.39 is 6.10 Å². The Morgan fingerprint density at radius 3 is 0.772 bits per heavy atom. The van der Waals surface area contributed by atoms with Gasteiger partial charge in [0.1, 0.15) is 13.2 Å². The molecule has 1 atom stereocenters. The second kappa shape index (κ2) is 66.8. The lowest BCUT2D eigenvalue weighted by molar-refractivity contribution is -0.167. The van der Waals surface area contributed by atoms with Crippen molar-refractivity contribution in [3.8, 4) is 0 Å². The van der Waals surface area contributed by atoms with E-state index >= 15 is 0 Å². The van der Waals surface area contributed by atoms with E-state index in [1.165, 1.54) is 186 Å². The largest absolute Gasteiger partial charge is 0.462 e. The number of unbranched alkanes of at least 4 members (excludes halogenated alkanes) is 34. The summed E-state index contributed by atoms with van der Waals surface area (Å²) in [5.74, 6) is -0.874. The van der Waals surface area contributed by atoms with E-state index in [1.807, 2.05) is 0 Å². The minimum absolute atomic E-state index is 0.0764. The van der Waals surface area contributed by atoms with Crippen LogP contribution in [0.2, 0.25) is 0 Å². The highest BCUT2D eigenvalue weighted by Gasteiger charge is 2.19. The minimum Gasteiger partial charge on any atom is -0.462 e. The monoisotopic (exact) mass is 1100 g/mol. The van der Waals surface area contributed by atoms with Crippen LogP contribution >= 0.6 is 0 Å². The molecule has 0 N–H and O–H groups in total. The first kappa shape index (κ1) is 75.3. The summed E-state index contributed by atoms with van der Waals surface area (Å²) in [6.45, 7) is 6.52. The van der Waals surface area contributed by atoms with Crippen LogP contribution in [0.3, 0.4) is 0 Å². The molecule has 79 heavy (non-hydrogen) atoms. The number of carbonyl (C=O) groups excluding carboxylic acids is 3. The Morgan fingerprint density at radius 1 is 0.266 bits per heavy atom. The average molecular weight is 1100 g/mol. The van der Waals surface area contributed by atoms with Crippen molar-refractivity contribution >= 4 is 17.9 Å². The Morgan fingerprint density at radius 2 is 0.494 bits per heavy atom. The summed E-state index contributed by atoms with van der Waals surface area (Å²) >= 11 is 0. The molecule has 0 aliphatic heterocycles. The van der Waals surface area contributed by atoms with Crippen LogP contribution < -0.4 is 0 Å². The van der Waals surface area contributed by atoms with Gasteiger partial charge in [0.05, 0.1) is 0 Å². The second-order valence-electron chi connectivity index (χ2n) is 22.4. The SMILES string of the molecule is CC/C=C\C/C=C\C/C=C\C/C=C\C/C=C\C/C=C\CCCCCCCCCCCCC(=O)OCC(COC(=O)CCCCCCCCCCC)OC(=O)CCCCCCCCCCCCC/C=C\C/C=C\CCCCCCC. The van der Waals surface area contributed by atoms with Crippen LogP contribution in [-0.4, -0.2) is 37.2 Å². The minimum atomic E-state index is -0.779. The smallest absolute Gasteiger partial charge is 0.306 e. The molecule has 454 valence electrons. The third-order valence-electron chi connectivity index (χ3n) is 14.6. The van der Waals surface area contributed by atoms with Crippen LogP contribution in [0.5, 0.6) is 0 Å². The van der Waals surface area contributed by atoms with E-state index in [2.05, 4.69) is 118 Å². The predicted octanol–water partition coefficient (Wildman–Crippen LogP) is 23.2. The van der Waals surface area contributed by atoms with Gasteiger partial charge in [0, 0.05) is 19.3 Å². The van der Waals surface area contributed by atoms with Gasteiger partial charge in [0.25, 0.3) is 0 Å². The molecule has 0 heterocycles. The van der Waals surface area contributed by atoms with Crippen LogP contribution in [0.1, 0.15) is 329 Å². The summed E-state index contributed by atoms with van der Waals surface area (Å²) in [6.07, 6.45) is 90.0. The lowest BCUT2D eigenvalue weighted by atomic mass is 10.0. The van der Waals surface area contributed by atoms with Gasteiger partial charge in [0.15, 0.2) is 6.10 Å². The van der Waals surface area contributed by atoms with E-state index in [1.54, 1.807) is 0 Å². The maximum absolute atomic E-state index is 12.9. The molecular weight excluding hydrogens is 973 g/mol. The van der Waals surface area contributed by atoms with Crippen LogP contribution in [0.15, 0.2) is 97.2 Å². The van der Waals surface area contributed by atoms with Gasteiger partial charge in [-0.25, -0.2) is 0 Å². The average Bonchev–Trinajstić information content (AvgIpc) is 3.45. The molecule has 0 amide bonds. The predicted molar refractivity (Wildman–Crippen MR) is 344 cm³/mol. The summed E-state index contributed by atoms with van der Waals surface area (Å²) in [7, 11) is 0. The van der Waals surface area contributed by atoms with Gasteiger partial charge < -0.3 is 14.2 Å². The van der Waals surface area contributed by atoms with Crippen molar-refractivity contribution in [3.05, 3.63) is 97.2 Å². The first-order chi connectivity index (χ1) is 39.0. The maximum atomic E-state index is 12.9. The summed E-state index contributed by atoms with van der Waals surface area (Å²) in [5, 5.41) is 0. The molecule has 0 aromatic heterocycles. The van der Waals surface area contributed by atoms with Crippen LogP contribution in [0, 0.1) is 0 Å². The molecule has 0 radical (unpaired) electrons. The van der Waals surface area contributed by atoms with Gasteiger partial charge in [-0.3, -0.25) is 14.4 Å². The molecule has 6 heteroatoms. The van der Waals surface area contributed by atoms with Crippen molar-refractivity contribution in [1.29, 1.82) is 0 Å². The number of hydrogen-bond acceptors (Lipinski definition) is 6. The van der Waals surface area contributed by atoms with E-state index in [9.17, 15) is 14.4 Å². The lowest BCUT2D eigenvalue weighted by Gasteiger charge is -2.18. The summed E-state index contributed by atoms with van der Waals surface area (Å²) in [4.78, 5) is 38.3. The zero-order valence-corrected chi connectivity index (χ0v) is 52.1. The zero-order valence-electron chi connectivity index (χ0n) is 52.1. The summed E-state index contributed by atoms with van der Waals surface area (Å²) in [5.41, 5.74) is 0. The second-order valence-corrected chi connectivity index (χ2v) is 22.4. The molecule has 0 saturated carbocycles. The van der Waals surface area contributed by atoms with E-state index in [0.717, 1.165) is 103 Å². The number of allylic oxidation sites excluding steroid dienone is 16. The Balaban J connectivity index is 4.20. The first-order valence-corrected chi connectivity index (χ1v) is 33.7. The van der Waals surface area contributed by atoms with Crippen LogP contribution in [-0.2, 0) is 28.6 Å². The highest BCUT2D eigenvalue weighted by molar-refractivity contribution is 5.71. The molecule has 6 nitrogen and oxygen atoms in total. The Hall–Kier alpha value is -3.67. The molecule has 0 aromatic rings. The van der Waals surface area contributed by atoms with Crippen molar-refractivity contribution in [2.75, 3.05) is 13.2 Å². The summed E-state index contributed by atoms with van der Waals surface area (Å²) < 4.78 is 16.9. The van der Waals surface area contributed by atoms with E-state index in [-0.39, 0.29) is 31.1 Å². The number of ether oxygens (including phenoxy) is 3. The van der Waals surface area contributed by atoms with Crippen LogP contribution in [0.4, 0.5) is 0 Å². The maximum Gasteiger partial charge on any atom is 0.306 e. The van der Waals surface area contributed by atoms with Gasteiger partial charge in [-0.2, -0.15) is 0 Å². The van der Waals surface area contributed by atoms with Gasteiger partial charge >= 0.3 is 17.9 Å². The highest BCUT2D eigenvalue weighted by atomic mass is 16.6. The third-order valence-corrected chi connectivity index (χ3v) is 14.6. The number of carbonyl (C=O) groups is 3. The Kier molecular flexibility index (Phi) is 63.7. The van der Waals surface area contributed by atoms with Gasteiger partial charge in [-0.05, 0) is 103 Å². The number of esters is 3. The van der Waals surface area contributed by atoms with Crippen molar-refractivity contribution < 1.29 is 28.6 Å². The first-order valence-electron chi connectivity index (χ1n) is 33.7. The lowest BCUT2D eigenvalue weighted by Crippen LogP contribution is -2.30. The molecule has 0 spiro atoms. The molecule has 0 bridgehead atoms. The van der Waals surface area contributed by atoms with E-state index in [4.69, 9.17) is 14.2 Å². The molecule has 0 fully saturated rings. The van der Waals surface area contributed by atoms with Crippen LogP contribution in [0.25, 0.3) is 0 Å². The van der Waals surface area contributed by atoms with Gasteiger partial charge in [0.2, 0.25) is 0 Å². The molecule has 0 rings (SSSR count). The van der Waals surface area contributed by atoms with E-state index in [0.29, 0.717) is 19.3 Å². The molecule has 0 aliphatic rings. The fraction of sp³-hybridized carbons (Fsp3) is 0.740. The van der Waals surface area contributed by atoms with Crippen molar-refractivity contribution in [2.24, 2.45) is 0 Å². The fourth-order valence-corrected chi connectivity index (χ4v) is 9.54. The van der Waals surface area contributed by atoms with Gasteiger partial charge in [-0.15, -0.1) is 0 Å². The van der Waals surface area contributed by atoms with Crippen molar-refractivity contribution in [2.45, 2.75) is 335 Å². The topological polar surface area (TPSA) is 78.9 Å². The van der Waals surface area contributed by atoms with Gasteiger partial charge in [-0.1, -0.05) is 304 Å². The normalized spacial score (nSPS) is 12.7. The molecular formula is C73H126O6. The van der Waals surface area contributed by atoms with Crippen molar-refractivity contribution in [3.63, 3.8) is 0 Å². The number of hydrogen-bond donors (Lipinski definition) is 0. The highest BCUT2D eigenvalue weighted by Crippen LogP contribution is 2.17. The standard InChI is InChI=1S/C73H126O6/c1-4-7-10-13-16-19-21-23-25-27-29-31-33-34-35-36-37-38-40-41-43-45-47-49-51-54-57-60-63-66-72(75)78-69-70(68-77-71(74)65-62-59-56-53-18-15-12-9-6-3)79-73(76)67-64-61-58-55-52-50-48-46-44-42-39-32-30-28-26-24-22-20-17-14-11-8-5-2/h7,10,16,19,22-25,28-31,34-35,37-38,70H,4-6,8-9,11-15,17-18,20-21,26-27,32-33,36,39-69H2,1-3H3/b10-7-,19-16-,24-22-,25-23-,30-28-,31-29-,35-34-,38-37-. The Bertz CT molecular complexity index is 1540. The Labute approximate surface area is 489 Å². The van der Waals surface area contributed by atoms with Crippen molar-refractivity contribution in [1.82, 2.24) is 0 Å².